The van der Waals surface area contributed by atoms with Gasteiger partial charge < -0.3 is 31.7 Å². The summed E-state index contributed by atoms with van der Waals surface area (Å²) in [4.78, 5) is 37.4. The minimum atomic E-state index is -0.811. The summed E-state index contributed by atoms with van der Waals surface area (Å²) in [5.41, 5.74) is 12.1. The van der Waals surface area contributed by atoms with Crippen molar-refractivity contribution in [1.29, 1.82) is 0 Å². The number of rotatable bonds is 6. The molecule has 2 aliphatic rings. The van der Waals surface area contributed by atoms with Gasteiger partial charge in [0.25, 0.3) is 11.8 Å². The van der Waals surface area contributed by atoms with E-state index in [0.717, 1.165) is 19.4 Å². The highest BCUT2D eigenvalue weighted by Gasteiger charge is 2.39. The fourth-order valence-corrected chi connectivity index (χ4v) is 4.13. The normalized spacial score (nSPS) is 19.2. The number of hydrogen-bond acceptors (Lipinski definition) is 8. The number of carbonyl (C=O) groups is 2. The van der Waals surface area contributed by atoms with Crippen LogP contribution in [-0.2, 0) is 0 Å². The van der Waals surface area contributed by atoms with E-state index in [0.29, 0.717) is 36.8 Å². The van der Waals surface area contributed by atoms with Crippen molar-refractivity contribution in [2.45, 2.75) is 38.3 Å². The van der Waals surface area contributed by atoms with Crippen molar-refractivity contribution in [3.63, 3.8) is 0 Å². The van der Waals surface area contributed by atoms with Crippen LogP contribution in [-0.4, -0.2) is 69.6 Å². The maximum atomic E-state index is 12.9. The number of aromatic nitrogens is 2. The first-order valence-electron chi connectivity index (χ1n) is 11.2. The number of piperidine rings is 1. The molecule has 4 rings (SSSR count). The number of anilines is 3. The maximum absolute atomic E-state index is 12.9. The molecule has 2 amide bonds. The Balaban J connectivity index is 1.53. The Bertz CT molecular complexity index is 1050. The molecule has 10 nitrogen and oxygen atoms in total. The molecule has 2 aromatic rings. The van der Waals surface area contributed by atoms with E-state index in [2.05, 4.69) is 15.3 Å². The average molecular weight is 454 g/mol. The van der Waals surface area contributed by atoms with Gasteiger partial charge in [-0.15, -0.1) is 0 Å². The summed E-state index contributed by atoms with van der Waals surface area (Å²) in [6, 6.07) is 7.05. The second kappa shape index (κ2) is 8.95. The Morgan fingerprint density at radius 3 is 2.67 bits per heavy atom. The van der Waals surface area contributed by atoms with Gasteiger partial charge in [0.15, 0.2) is 0 Å². The fraction of sp³-hybridized carbons (Fsp3) is 0.478. The number of benzene rings is 1. The van der Waals surface area contributed by atoms with Gasteiger partial charge >= 0.3 is 0 Å². The van der Waals surface area contributed by atoms with E-state index in [9.17, 15) is 14.7 Å². The summed E-state index contributed by atoms with van der Waals surface area (Å²) in [6.07, 6.45) is 3.31. The SMILES string of the molecule is CC(C)(O)C1CN(C(=O)c2cccc(Nc3nc(N4CCC[C@H](N)C4)ncc3C(N)=O)c2)C1. The smallest absolute Gasteiger partial charge is 0.254 e. The molecule has 33 heavy (non-hydrogen) atoms. The standard InChI is InChI=1S/C23H31N7O3/c1-23(2,33)15-11-30(12-15)21(32)14-5-3-7-17(9-14)27-20-18(19(25)31)10-26-22(28-20)29-8-4-6-16(24)13-29/h3,5,7,9-10,15-16,33H,4,6,8,11-13,24H2,1-2H3,(H2,25,31)(H,26,27,28)/t16-/m0/s1. The van der Waals surface area contributed by atoms with Crippen molar-refractivity contribution < 1.29 is 14.7 Å². The lowest BCUT2D eigenvalue weighted by Crippen LogP contribution is -2.57. The van der Waals surface area contributed by atoms with Gasteiger partial charge in [0.2, 0.25) is 5.95 Å². The van der Waals surface area contributed by atoms with Gasteiger partial charge in [-0.05, 0) is 44.9 Å². The second-order valence-electron chi connectivity index (χ2n) is 9.41. The fourth-order valence-electron chi connectivity index (χ4n) is 4.13. The van der Waals surface area contributed by atoms with Crippen LogP contribution in [0.1, 0.15) is 47.4 Å². The number of aliphatic hydroxyl groups is 1. The molecule has 0 unspecified atom stereocenters. The summed E-state index contributed by atoms with van der Waals surface area (Å²) in [6.45, 7) is 5.97. The van der Waals surface area contributed by atoms with Crippen molar-refractivity contribution in [3.05, 3.63) is 41.6 Å². The third-order valence-electron chi connectivity index (χ3n) is 6.32. The number of nitrogens with one attached hydrogen (secondary N) is 1. The van der Waals surface area contributed by atoms with E-state index < -0.39 is 11.5 Å². The zero-order chi connectivity index (χ0) is 23.8. The molecule has 0 radical (unpaired) electrons. The van der Waals surface area contributed by atoms with Gasteiger partial charge in [-0.25, -0.2) is 4.98 Å². The van der Waals surface area contributed by atoms with Crippen molar-refractivity contribution in [2.75, 3.05) is 36.4 Å². The summed E-state index contributed by atoms with van der Waals surface area (Å²) >= 11 is 0. The van der Waals surface area contributed by atoms with Crippen LogP contribution in [0.3, 0.4) is 0 Å². The van der Waals surface area contributed by atoms with E-state index in [1.807, 2.05) is 4.90 Å². The Morgan fingerprint density at radius 1 is 1.24 bits per heavy atom. The van der Waals surface area contributed by atoms with E-state index >= 15 is 0 Å². The molecule has 10 heteroatoms. The number of likely N-dealkylation sites (tertiary alicyclic amines) is 1. The first kappa shape index (κ1) is 22.9. The Hall–Kier alpha value is -3.24. The largest absolute Gasteiger partial charge is 0.390 e. The van der Waals surface area contributed by atoms with Crippen molar-refractivity contribution >= 4 is 29.3 Å². The average Bonchev–Trinajstić information content (AvgIpc) is 2.71. The van der Waals surface area contributed by atoms with Crippen LogP contribution >= 0.6 is 0 Å². The Kier molecular flexibility index (Phi) is 6.22. The van der Waals surface area contributed by atoms with Gasteiger partial charge in [-0.1, -0.05) is 6.07 Å². The third kappa shape index (κ3) is 5.07. The van der Waals surface area contributed by atoms with Gasteiger partial charge in [-0.2, -0.15) is 4.98 Å². The molecule has 1 aromatic heterocycles. The molecule has 2 fully saturated rings. The van der Waals surface area contributed by atoms with Crippen LogP contribution in [0.15, 0.2) is 30.5 Å². The topological polar surface area (TPSA) is 151 Å². The lowest BCUT2D eigenvalue weighted by molar-refractivity contribution is -0.0507. The van der Waals surface area contributed by atoms with E-state index in [1.165, 1.54) is 6.20 Å². The molecule has 1 aromatic carbocycles. The number of hydrogen-bond donors (Lipinski definition) is 4. The molecule has 2 saturated heterocycles. The van der Waals surface area contributed by atoms with Gasteiger partial charge in [-0.3, -0.25) is 9.59 Å². The Labute approximate surface area is 193 Å². The van der Waals surface area contributed by atoms with Crippen LogP contribution in [0.25, 0.3) is 0 Å². The predicted molar refractivity (Wildman–Crippen MR) is 125 cm³/mol. The summed E-state index contributed by atoms with van der Waals surface area (Å²) in [5, 5.41) is 13.2. The molecule has 0 bridgehead atoms. The highest BCUT2D eigenvalue weighted by atomic mass is 16.3. The van der Waals surface area contributed by atoms with Crippen LogP contribution in [0.5, 0.6) is 0 Å². The summed E-state index contributed by atoms with van der Waals surface area (Å²) in [7, 11) is 0. The van der Waals surface area contributed by atoms with Gasteiger partial charge in [0, 0.05) is 55.6 Å². The second-order valence-corrected chi connectivity index (χ2v) is 9.41. The monoisotopic (exact) mass is 453 g/mol. The van der Waals surface area contributed by atoms with Crippen LogP contribution in [0.4, 0.5) is 17.5 Å². The summed E-state index contributed by atoms with van der Waals surface area (Å²) < 4.78 is 0. The molecule has 0 aliphatic carbocycles. The van der Waals surface area contributed by atoms with Gasteiger partial charge in [0.1, 0.15) is 11.4 Å². The molecule has 0 spiro atoms. The highest BCUT2D eigenvalue weighted by molar-refractivity contribution is 5.99. The predicted octanol–water partition coefficient (Wildman–Crippen LogP) is 1.09. The summed E-state index contributed by atoms with van der Waals surface area (Å²) in [5.74, 6) is 0.0541. The van der Waals surface area contributed by atoms with Crippen LogP contribution in [0.2, 0.25) is 0 Å². The van der Waals surface area contributed by atoms with E-state index in [4.69, 9.17) is 11.5 Å². The minimum Gasteiger partial charge on any atom is -0.390 e. The zero-order valence-corrected chi connectivity index (χ0v) is 19.0. The third-order valence-corrected chi connectivity index (χ3v) is 6.32. The van der Waals surface area contributed by atoms with Crippen molar-refractivity contribution in [2.24, 2.45) is 17.4 Å². The molecule has 3 heterocycles. The quantitative estimate of drug-likeness (QED) is 0.507. The number of carbonyl (C=O) groups excluding carboxylic acids is 2. The molecule has 2 aliphatic heterocycles. The number of nitrogens with two attached hydrogens (primary N) is 2. The van der Waals surface area contributed by atoms with Crippen molar-refractivity contribution in [1.82, 2.24) is 14.9 Å². The lowest BCUT2D eigenvalue weighted by atomic mass is 9.84. The maximum Gasteiger partial charge on any atom is 0.254 e. The Morgan fingerprint density at radius 2 is 2.00 bits per heavy atom. The van der Waals surface area contributed by atoms with E-state index in [1.54, 1.807) is 43.0 Å². The van der Waals surface area contributed by atoms with E-state index in [-0.39, 0.29) is 29.2 Å². The number of nitrogens with zero attached hydrogens (tertiary/aromatic N) is 4. The molecule has 6 N–H and O–H groups in total. The number of primary amides is 1. The first-order valence-corrected chi connectivity index (χ1v) is 11.2. The molecule has 0 saturated carbocycles. The minimum absolute atomic E-state index is 0.0507. The molecular weight excluding hydrogens is 422 g/mol. The molecule has 1 atom stereocenters. The lowest BCUT2D eigenvalue weighted by Gasteiger charge is -2.45. The molecular formula is C23H31N7O3. The first-order chi connectivity index (χ1) is 15.6. The van der Waals surface area contributed by atoms with Crippen LogP contribution < -0.4 is 21.7 Å². The zero-order valence-electron chi connectivity index (χ0n) is 19.0. The molecule has 176 valence electrons. The number of amides is 2. The van der Waals surface area contributed by atoms with Gasteiger partial charge in [0.05, 0.1) is 5.60 Å². The highest BCUT2D eigenvalue weighted by Crippen LogP contribution is 2.29. The van der Waals surface area contributed by atoms with Crippen LogP contribution in [0, 0.1) is 5.92 Å². The van der Waals surface area contributed by atoms with Crippen molar-refractivity contribution in [3.8, 4) is 0 Å².